The van der Waals surface area contributed by atoms with E-state index in [-0.39, 0.29) is 36.5 Å². The number of aliphatic hydroxyl groups excluding tert-OH is 1. The van der Waals surface area contributed by atoms with Gasteiger partial charge in [-0.1, -0.05) is 20.8 Å². The van der Waals surface area contributed by atoms with Crippen LogP contribution in [0.1, 0.15) is 86.1 Å². The number of ether oxygens (including phenoxy) is 4. The standard InChI is InChI=1S/C36H63N5O7/c1-11-15-41-21-24(2)17-36(7,45-10)32(48-33-30(42)29(40(8)9)16-25(3)47-33)26(4)31(43)35(5,6)34(44)46-22-28(41)13-12-14-37-18-27-19-38-23-39-20-27/h19-20,23-26,28-30,32-33,37,42H,11-18,21-22H2,1-10H3/t24?,25-,26?,28?,29+,30-,32?,33+,36?/m1/s1. The zero-order valence-electron chi connectivity index (χ0n) is 31.1. The zero-order valence-corrected chi connectivity index (χ0v) is 31.1. The Morgan fingerprint density at radius 3 is 2.46 bits per heavy atom. The maximum Gasteiger partial charge on any atom is 0.319 e. The minimum absolute atomic E-state index is 0.0154. The summed E-state index contributed by atoms with van der Waals surface area (Å²) >= 11 is 0. The van der Waals surface area contributed by atoms with Gasteiger partial charge in [-0.15, -0.1) is 0 Å². The molecule has 5 unspecified atom stereocenters. The number of carbonyl (C=O) groups excluding carboxylic acids is 2. The monoisotopic (exact) mass is 677 g/mol. The van der Waals surface area contributed by atoms with Gasteiger partial charge in [0.25, 0.3) is 0 Å². The first kappa shape index (κ1) is 40.4. The molecule has 0 saturated carbocycles. The Balaban J connectivity index is 1.89. The van der Waals surface area contributed by atoms with E-state index in [0.29, 0.717) is 19.4 Å². The number of nitrogens with zero attached hydrogens (tertiary/aromatic N) is 4. The van der Waals surface area contributed by atoms with Crippen molar-refractivity contribution in [2.45, 2.75) is 129 Å². The Bertz CT molecular complexity index is 1140. The van der Waals surface area contributed by atoms with Crippen molar-refractivity contribution in [2.75, 3.05) is 47.4 Å². The number of rotatable bonds is 12. The number of methoxy groups -OCH3 is 1. The van der Waals surface area contributed by atoms with Crippen LogP contribution in [0.2, 0.25) is 0 Å². The molecule has 274 valence electrons. The van der Waals surface area contributed by atoms with Crippen LogP contribution < -0.4 is 5.32 Å². The second-order valence-electron chi connectivity index (χ2n) is 15.0. The predicted molar refractivity (Wildman–Crippen MR) is 184 cm³/mol. The molecule has 0 spiro atoms. The van der Waals surface area contributed by atoms with Gasteiger partial charge in [0.1, 0.15) is 24.5 Å². The summed E-state index contributed by atoms with van der Waals surface area (Å²) in [4.78, 5) is 40.5. The molecular weight excluding hydrogens is 614 g/mol. The van der Waals surface area contributed by atoms with Crippen LogP contribution in [0, 0.1) is 17.3 Å². The summed E-state index contributed by atoms with van der Waals surface area (Å²) in [5, 5.41) is 14.8. The number of Topliss-reactive ketones (excluding diaryl/α,β-unsaturated/α-hetero) is 1. The number of aromatic nitrogens is 2. The van der Waals surface area contributed by atoms with Crippen LogP contribution in [0.15, 0.2) is 18.7 Å². The summed E-state index contributed by atoms with van der Waals surface area (Å²) in [5.74, 6) is -1.47. The van der Waals surface area contributed by atoms with E-state index in [1.54, 1.807) is 40.3 Å². The van der Waals surface area contributed by atoms with Gasteiger partial charge < -0.3 is 34.3 Å². The fourth-order valence-electron chi connectivity index (χ4n) is 7.42. The average molecular weight is 678 g/mol. The summed E-state index contributed by atoms with van der Waals surface area (Å²) < 4.78 is 25.1. The van der Waals surface area contributed by atoms with Gasteiger partial charge in [0.2, 0.25) is 0 Å². The Morgan fingerprint density at radius 1 is 1.15 bits per heavy atom. The third-order valence-electron chi connectivity index (χ3n) is 10.2. The molecule has 3 heterocycles. The van der Waals surface area contributed by atoms with Crippen LogP contribution in [0.25, 0.3) is 0 Å². The molecule has 2 aliphatic heterocycles. The molecule has 0 amide bonds. The van der Waals surface area contributed by atoms with E-state index in [2.05, 4.69) is 34.0 Å². The lowest BCUT2D eigenvalue weighted by atomic mass is 9.74. The molecule has 1 aromatic rings. The van der Waals surface area contributed by atoms with Crippen LogP contribution in [0.5, 0.6) is 0 Å². The van der Waals surface area contributed by atoms with Crippen LogP contribution in [-0.2, 0) is 35.1 Å². The third-order valence-corrected chi connectivity index (χ3v) is 10.2. The van der Waals surface area contributed by atoms with E-state index in [1.165, 1.54) is 6.33 Å². The van der Waals surface area contributed by atoms with Gasteiger partial charge in [0.05, 0.1) is 17.8 Å². The Morgan fingerprint density at radius 2 is 1.83 bits per heavy atom. The molecule has 3 rings (SSSR count). The SMILES string of the molecule is CCCN1CC(C)CC(C)(OC)C(O[C@@H]2O[C@H](C)C[C@H](N(C)C)[C@H]2O)C(C)C(=O)C(C)(C)C(=O)OCC1CCCNCc1cncnc1. The summed E-state index contributed by atoms with van der Waals surface area (Å²) in [7, 11) is 5.49. The largest absolute Gasteiger partial charge is 0.463 e. The van der Waals surface area contributed by atoms with E-state index < -0.39 is 41.4 Å². The van der Waals surface area contributed by atoms with Crippen molar-refractivity contribution < 1.29 is 33.6 Å². The van der Waals surface area contributed by atoms with Gasteiger partial charge in [0.15, 0.2) is 12.1 Å². The highest BCUT2D eigenvalue weighted by atomic mass is 16.7. The highest BCUT2D eigenvalue weighted by Gasteiger charge is 2.51. The van der Waals surface area contributed by atoms with Crippen molar-refractivity contribution in [1.82, 2.24) is 25.1 Å². The summed E-state index contributed by atoms with van der Waals surface area (Å²) in [6.45, 7) is 16.6. The number of hydrogen-bond donors (Lipinski definition) is 2. The normalized spacial score (nSPS) is 34.2. The van der Waals surface area contributed by atoms with Gasteiger partial charge in [-0.05, 0) is 92.9 Å². The third kappa shape index (κ3) is 10.5. The second-order valence-corrected chi connectivity index (χ2v) is 15.0. The van der Waals surface area contributed by atoms with E-state index in [4.69, 9.17) is 18.9 Å². The molecule has 0 aliphatic carbocycles. The van der Waals surface area contributed by atoms with Crippen molar-refractivity contribution in [3.8, 4) is 0 Å². The first-order valence-electron chi connectivity index (χ1n) is 17.7. The number of likely N-dealkylation sites (N-methyl/N-ethyl adjacent to an activating group) is 1. The van der Waals surface area contributed by atoms with E-state index in [9.17, 15) is 14.7 Å². The van der Waals surface area contributed by atoms with Crippen molar-refractivity contribution in [1.29, 1.82) is 0 Å². The fourth-order valence-corrected chi connectivity index (χ4v) is 7.42. The van der Waals surface area contributed by atoms with Crippen LogP contribution in [0.3, 0.4) is 0 Å². The van der Waals surface area contributed by atoms with Crippen LogP contribution in [0.4, 0.5) is 0 Å². The minimum atomic E-state index is -1.43. The van der Waals surface area contributed by atoms with Crippen molar-refractivity contribution in [3.63, 3.8) is 0 Å². The molecule has 2 aliphatic rings. The molecule has 12 heteroatoms. The fraction of sp³-hybridized carbons (Fsp3) is 0.833. The zero-order chi connectivity index (χ0) is 35.6. The Kier molecular flexibility index (Phi) is 15.4. The number of nitrogens with one attached hydrogen (secondary N) is 1. The second kappa shape index (κ2) is 18.3. The van der Waals surface area contributed by atoms with Gasteiger partial charge in [-0.2, -0.15) is 0 Å². The molecule has 48 heavy (non-hydrogen) atoms. The van der Waals surface area contributed by atoms with Gasteiger partial charge in [-0.25, -0.2) is 9.97 Å². The predicted octanol–water partition coefficient (Wildman–Crippen LogP) is 3.46. The van der Waals surface area contributed by atoms with E-state index in [0.717, 1.165) is 44.5 Å². The molecule has 0 bridgehead atoms. The first-order valence-corrected chi connectivity index (χ1v) is 17.7. The molecular formula is C36H63N5O7. The quantitative estimate of drug-likeness (QED) is 0.191. The number of esters is 1. The molecule has 9 atom stereocenters. The Hall–Kier alpha value is -2.06. The highest BCUT2D eigenvalue weighted by molar-refractivity contribution is 6.04. The molecule has 2 N–H and O–H groups in total. The lowest BCUT2D eigenvalue weighted by Crippen LogP contribution is -2.59. The lowest BCUT2D eigenvalue weighted by Gasteiger charge is -2.47. The number of aliphatic hydroxyl groups is 1. The van der Waals surface area contributed by atoms with Gasteiger partial charge >= 0.3 is 5.97 Å². The summed E-state index contributed by atoms with van der Waals surface area (Å²) in [6, 6.07) is -0.195. The first-order chi connectivity index (χ1) is 22.6. The molecule has 0 aromatic carbocycles. The minimum Gasteiger partial charge on any atom is -0.463 e. The molecule has 1 aromatic heterocycles. The smallest absolute Gasteiger partial charge is 0.319 e. The Labute approximate surface area is 288 Å². The maximum atomic E-state index is 14.3. The van der Waals surface area contributed by atoms with Gasteiger partial charge in [0, 0.05) is 56.2 Å². The maximum absolute atomic E-state index is 14.3. The molecule has 2 saturated heterocycles. The number of carbonyl (C=O) groups is 2. The number of hydrogen-bond acceptors (Lipinski definition) is 12. The number of cyclic esters (lactones) is 1. The van der Waals surface area contributed by atoms with E-state index in [1.807, 2.05) is 32.8 Å². The van der Waals surface area contributed by atoms with Crippen molar-refractivity contribution in [2.24, 2.45) is 17.3 Å². The van der Waals surface area contributed by atoms with E-state index >= 15 is 0 Å². The number of ketones is 1. The average Bonchev–Trinajstić information content (AvgIpc) is 3.05. The van der Waals surface area contributed by atoms with Crippen LogP contribution in [-0.4, -0.2) is 126 Å². The van der Waals surface area contributed by atoms with Crippen molar-refractivity contribution >= 4 is 11.8 Å². The van der Waals surface area contributed by atoms with Crippen LogP contribution >= 0.6 is 0 Å². The lowest BCUT2D eigenvalue weighted by molar-refractivity contribution is -0.295. The highest BCUT2D eigenvalue weighted by Crippen LogP contribution is 2.38. The summed E-state index contributed by atoms with van der Waals surface area (Å²) in [5.41, 5.74) is -1.34. The summed E-state index contributed by atoms with van der Waals surface area (Å²) in [6.07, 6.45) is 6.13. The van der Waals surface area contributed by atoms with Gasteiger partial charge in [-0.3, -0.25) is 14.5 Å². The topological polar surface area (TPSA) is 136 Å². The molecule has 2 fully saturated rings. The molecule has 0 radical (unpaired) electrons. The van der Waals surface area contributed by atoms with Crippen molar-refractivity contribution in [3.05, 3.63) is 24.3 Å². The molecule has 12 nitrogen and oxygen atoms in total.